The highest BCUT2D eigenvalue weighted by atomic mass is 79.9. The third-order valence-electron chi connectivity index (χ3n) is 1.47. The fraction of sp³-hybridized carbons (Fsp3) is 0.429. The van der Waals surface area contributed by atoms with Crippen LogP contribution in [0.4, 0.5) is 8.78 Å². The molecule has 5 heteroatoms. The van der Waals surface area contributed by atoms with E-state index in [9.17, 15) is 8.78 Å². The zero-order chi connectivity index (χ0) is 9.35. The molecule has 1 unspecified atom stereocenters. The first kappa shape index (κ1) is 10.1. The third kappa shape index (κ3) is 1.84. The van der Waals surface area contributed by atoms with Gasteiger partial charge in [0.1, 0.15) is 0 Å². The topological polar surface area (TPSA) is 26.0 Å². The minimum Gasteiger partial charge on any atom is -0.323 e. The van der Waals surface area contributed by atoms with Gasteiger partial charge in [0.15, 0.2) is 0 Å². The molecule has 0 saturated carbocycles. The van der Waals surface area contributed by atoms with Crippen LogP contribution in [-0.2, 0) is 5.92 Å². The summed E-state index contributed by atoms with van der Waals surface area (Å²) >= 11 is 4.12. The molecule has 0 bridgehead atoms. The van der Waals surface area contributed by atoms with Gasteiger partial charge in [-0.3, -0.25) is 0 Å². The quantitative estimate of drug-likeness (QED) is 0.864. The van der Waals surface area contributed by atoms with Crippen LogP contribution in [0, 0.1) is 0 Å². The molecule has 2 N–H and O–H groups in total. The van der Waals surface area contributed by atoms with Crippen molar-refractivity contribution in [3.8, 4) is 0 Å². The van der Waals surface area contributed by atoms with Gasteiger partial charge >= 0.3 is 0 Å². The molecule has 1 aromatic heterocycles. The number of hydrogen-bond donors (Lipinski definition) is 1. The first-order valence-corrected chi connectivity index (χ1v) is 4.99. The number of halogens is 3. The second-order valence-corrected chi connectivity index (χ2v) is 4.37. The molecule has 1 rings (SSSR count). The monoisotopic (exact) mass is 255 g/mol. The van der Waals surface area contributed by atoms with Gasteiger partial charge in [-0.15, -0.1) is 11.3 Å². The lowest BCUT2D eigenvalue weighted by atomic mass is 10.1. The van der Waals surface area contributed by atoms with E-state index in [1.807, 2.05) is 0 Å². The summed E-state index contributed by atoms with van der Waals surface area (Å²) in [7, 11) is 0. The molecule has 0 aromatic carbocycles. The van der Waals surface area contributed by atoms with Crippen molar-refractivity contribution in [1.29, 1.82) is 0 Å². The maximum absolute atomic E-state index is 13.2. The van der Waals surface area contributed by atoms with E-state index in [0.29, 0.717) is 4.47 Å². The normalized spacial score (nSPS) is 14.8. The van der Waals surface area contributed by atoms with Gasteiger partial charge < -0.3 is 5.73 Å². The van der Waals surface area contributed by atoms with E-state index in [4.69, 9.17) is 5.73 Å². The summed E-state index contributed by atoms with van der Waals surface area (Å²) in [5, 5.41) is 1.62. The highest BCUT2D eigenvalue weighted by molar-refractivity contribution is 9.10. The third-order valence-corrected chi connectivity index (χ3v) is 3.24. The predicted molar refractivity (Wildman–Crippen MR) is 49.6 cm³/mol. The van der Waals surface area contributed by atoms with Crippen molar-refractivity contribution < 1.29 is 8.78 Å². The van der Waals surface area contributed by atoms with E-state index in [-0.39, 0.29) is 4.88 Å². The van der Waals surface area contributed by atoms with Crippen molar-refractivity contribution in [1.82, 2.24) is 0 Å². The van der Waals surface area contributed by atoms with Gasteiger partial charge in [-0.05, 0) is 28.9 Å². The molecular formula is C7H8BrF2NS. The summed E-state index contributed by atoms with van der Waals surface area (Å²) in [6.07, 6.45) is 0. The Balaban J connectivity index is 2.97. The second-order valence-electron chi connectivity index (χ2n) is 2.54. The Morgan fingerprint density at radius 1 is 1.67 bits per heavy atom. The molecule has 0 amide bonds. The molecule has 0 fully saturated rings. The van der Waals surface area contributed by atoms with Gasteiger partial charge in [0.25, 0.3) is 5.92 Å². The van der Waals surface area contributed by atoms with Crippen LogP contribution in [0.2, 0.25) is 0 Å². The van der Waals surface area contributed by atoms with E-state index >= 15 is 0 Å². The van der Waals surface area contributed by atoms with Gasteiger partial charge in [0.05, 0.1) is 10.9 Å². The maximum Gasteiger partial charge on any atom is 0.296 e. The Hall–Kier alpha value is -0.0000000000000000833. The first-order valence-electron chi connectivity index (χ1n) is 3.32. The largest absolute Gasteiger partial charge is 0.323 e. The standard InChI is InChI=1S/C7H8BrF2NS/c1-4(11)7(9,10)6-2-5(8)3-12-6/h2-4H,11H2,1H3. The molecule has 68 valence electrons. The fourth-order valence-electron chi connectivity index (χ4n) is 0.712. The molecule has 0 radical (unpaired) electrons. The summed E-state index contributed by atoms with van der Waals surface area (Å²) in [6, 6.07) is 0.247. The van der Waals surface area contributed by atoms with E-state index in [1.165, 1.54) is 13.0 Å². The maximum atomic E-state index is 13.2. The Morgan fingerprint density at radius 2 is 2.25 bits per heavy atom. The van der Waals surface area contributed by atoms with Crippen LogP contribution < -0.4 is 5.73 Å². The predicted octanol–water partition coefficient (Wildman–Crippen LogP) is 2.95. The van der Waals surface area contributed by atoms with Gasteiger partial charge in [-0.25, -0.2) is 0 Å². The van der Waals surface area contributed by atoms with Gasteiger partial charge in [-0.2, -0.15) is 8.78 Å². The highest BCUT2D eigenvalue weighted by Gasteiger charge is 2.37. The molecule has 1 heterocycles. The molecule has 0 aliphatic heterocycles. The Labute approximate surface area is 81.7 Å². The molecule has 1 aromatic rings. The van der Waals surface area contributed by atoms with Crippen LogP contribution in [0.1, 0.15) is 11.8 Å². The van der Waals surface area contributed by atoms with E-state index < -0.39 is 12.0 Å². The van der Waals surface area contributed by atoms with E-state index in [0.717, 1.165) is 11.3 Å². The van der Waals surface area contributed by atoms with Crippen LogP contribution in [0.3, 0.4) is 0 Å². The van der Waals surface area contributed by atoms with Crippen molar-refractivity contribution in [2.75, 3.05) is 0 Å². The SMILES string of the molecule is CC(N)C(F)(F)c1cc(Br)cs1. The zero-order valence-electron chi connectivity index (χ0n) is 6.35. The van der Waals surface area contributed by atoms with Crippen LogP contribution in [0.25, 0.3) is 0 Å². The van der Waals surface area contributed by atoms with Gasteiger partial charge in [0.2, 0.25) is 0 Å². The van der Waals surface area contributed by atoms with Crippen molar-refractivity contribution in [2.24, 2.45) is 5.73 Å². The van der Waals surface area contributed by atoms with Crippen LogP contribution in [0.15, 0.2) is 15.9 Å². The minimum atomic E-state index is -2.92. The van der Waals surface area contributed by atoms with Crippen molar-refractivity contribution in [2.45, 2.75) is 18.9 Å². The van der Waals surface area contributed by atoms with Crippen molar-refractivity contribution in [3.05, 3.63) is 20.8 Å². The van der Waals surface area contributed by atoms with E-state index in [2.05, 4.69) is 15.9 Å². The smallest absolute Gasteiger partial charge is 0.296 e. The molecule has 12 heavy (non-hydrogen) atoms. The molecule has 0 aliphatic carbocycles. The molecule has 0 aliphatic rings. The lowest BCUT2D eigenvalue weighted by molar-refractivity contribution is -0.0219. The zero-order valence-corrected chi connectivity index (χ0v) is 8.75. The van der Waals surface area contributed by atoms with Crippen molar-refractivity contribution in [3.63, 3.8) is 0 Å². The van der Waals surface area contributed by atoms with Crippen LogP contribution in [0.5, 0.6) is 0 Å². The van der Waals surface area contributed by atoms with Gasteiger partial charge in [0, 0.05) is 9.85 Å². The number of alkyl halides is 2. The lowest BCUT2D eigenvalue weighted by Crippen LogP contribution is -2.35. The number of nitrogens with two attached hydrogens (primary N) is 1. The number of rotatable bonds is 2. The molecule has 0 spiro atoms. The molecule has 1 nitrogen and oxygen atoms in total. The first-order chi connectivity index (χ1) is 5.44. The average Bonchev–Trinajstić information content (AvgIpc) is 2.35. The van der Waals surface area contributed by atoms with Crippen LogP contribution >= 0.6 is 27.3 Å². The fourth-order valence-corrected chi connectivity index (χ4v) is 2.22. The molecule has 1 atom stereocenters. The van der Waals surface area contributed by atoms with Gasteiger partial charge in [-0.1, -0.05) is 0 Å². The second kappa shape index (κ2) is 3.40. The van der Waals surface area contributed by atoms with Crippen LogP contribution in [-0.4, -0.2) is 6.04 Å². The summed E-state index contributed by atoms with van der Waals surface area (Å²) in [4.78, 5) is 0.00405. The summed E-state index contributed by atoms with van der Waals surface area (Å²) in [6.45, 7) is 1.30. The van der Waals surface area contributed by atoms with E-state index in [1.54, 1.807) is 5.38 Å². The number of thiophene rings is 1. The summed E-state index contributed by atoms with van der Waals surface area (Å²) in [5.41, 5.74) is 5.15. The Morgan fingerprint density at radius 3 is 2.58 bits per heavy atom. The molecule has 0 saturated heterocycles. The van der Waals surface area contributed by atoms with Crippen molar-refractivity contribution >= 4 is 27.3 Å². The Kier molecular flexibility index (Phi) is 2.85. The average molecular weight is 256 g/mol. The number of hydrogen-bond acceptors (Lipinski definition) is 2. The summed E-state index contributed by atoms with van der Waals surface area (Å²) in [5.74, 6) is -2.92. The Bertz CT molecular complexity index is 272. The summed E-state index contributed by atoms with van der Waals surface area (Å²) < 4.78 is 27.0. The minimum absolute atomic E-state index is 0.00405. The lowest BCUT2D eigenvalue weighted by Gasteiger charge is -2.17. The highest BCUT2D eigenvalue weighted by Crippen LogP contribution is 2.36. The molecular weight excluding hydrogens is 248 g/mol.